The van der Waals surface area contributed by atoms with E-state index in [4.69, 9.17) is 0 Å². The number of rotatable bonds is 5. The molecule has 36 heavy (non-hydrogen) atoms. The number of hydrogen-bond acceptors (Lipinski definition) is 3. The molecular weight excluding hydrogens is 446 g/mol. The molecule has 180 valence electrons. The predicted octanol–water partition coefficient (Wildman–Crippen LogP) is 6.10. The number of aryl methyl sites for hydroxylation is 1. The zero-order chi connectivity index (χ0) is 25.2. The monoisotopic (exact) mass is 475 g/mol. The van der Waals surface area contributed by atoms with E-state index in [2.05, 4.69) is 0 Å². The lowest BCUT2D eigenvalue weighted by molar-refractivity contribution is -0.134. The first-order valence-electron chi connectivity index (χ1n) is 12.8. The highest BCUT2D eigenvalue weighted by atomic mass is 16.2. The average Bonchev–Trinajstić information content (AvgIpc) is 3.41. The molecule has 0 spiro atoms. The second-order valence-corrected chi connectivity index (χ2v) is 10.3. The Balaban J connectivity index is 1.67. The van der Waals surface area contributed by atoms with E-state index in [1.54, 1.807) is 0 Å². The number of benzene rings is 3. The number of allylic oxidation sites excluding steroid dienone is 2. The van der Waals surface area contributed by atoms with Gasteiger partial charge in [0.15, 0.2) is 5.78 Å². The van der Waals surface area contributed by atoms with Crippen LogP contribution in [0.1, 0.15) is 43.4 Å². The van der Waals surface area contributed by atoms with Gasteiger partial charge in [0.05, 0.1) is 28.4 Å². The molecule has 1 aliphatic heterocycles. The molecule has 1 heterocycles. The summed E-state index contributed by atoms with van der Waals surface area (Å²) < 4.78 is 0. The highest BCUT2D eigenvalue weighted by molar-refractivity contribution is 6.34. The minimum atomic E-state index is -1.04. The van der Waals surface area contributed by atoms with Crippen LogP contribution >= 0.6 is 0 Å². The highest BCUT2D eigenvalue weighted by Crippen LogP contribution is 2.75. The Kier molecular flexibility index (Phi) is 4.95. The molecule has 2 fully saturated rings. The molecule has 4 heteroatoms. The number of amides is 2. The summed E-state index contributed by atoms with van der Waals surface area (Å²) in [5.41, 5.74) is 3.32. The Morgan fingerprint density at radius 2 is 1.06 bits per heavy atom. The fourth-order valence-electron chi connectivity index (χ4n) is 7.40. The van der Waals surface area contributed by atoms with Gasteiger partial charge in [-0.15, -0.1) is 0 Å². The van der Waals surface area contributed by atoms with Crippen LogP contribution in [0.15, 0.2) is 84.9 Å². The van der Waals surface area contributed by atoms with Crippen molar-refractivity contribution in [1.29, 1.82) is 0 Å². The molecule has 6 rings (SSSR count). The van der Waals surface area contributed by atoms with Crippen LogP contribution in [-0.2, 0) is 14.4 Å². The number of carbonyl (C=O) groups is 3. The van der Waals surface area contributed by atoms with Gasteiger partial charge in [0.2, 0.25) is 11.8 Å². The lowest BCUT2D eigenvalue weighted by Gasteiger charge is -2.38. The number of anilines is 1. The van der Waals surface area contributed by atoms with Crippen molar-refractivity contribution in [3.05, 3.63) is 102 Å². The van der Waals surface area contributed by atoms with Gasteiger partial charge in [-0.2, -0.15) is 0 Å². The molecule has 0 unspecified atom stereocenters. The van der Waals surface area contributed by atoms with Crippen molar-refractivity contribution in [2.75, 3.05) is 4.90 Å². The first kappa shape index (κ1) is 22.7. The normalized spacial score (nSPS) is 28.9. The van der Waals surface area contributed by atoms with E-state index in [9.17, 15) is 14.4 Å². The lowest BCUT2D eigenvalue weighted by atomic mass is 9.60. The fraction of sp³-hybridized carbons (Fsp3) is 0.281. The Morgan fingerprint density at radius 1 is 0.639 bits per heavy atom. The van der Waals surface area contributed by atoms with Crippen molar-refractivity contribution >= 4 is 34.4 Å². The number of hydrogen-bond donors (Lipinski definition) is 0. The van der Waals surface area contributed by atoms with Crippen molar-refractivity contribution in [1.82, 2.24) is 0 Å². The summed E-state index contributed by atoms with van der Waals surface area (Å²) in [6.45, 7) is 5.96. The molecule has 0 aromatic heterocycles. The molecule has 3 aromatic carbocycles. The summed E-state index contributed by atoms with van der Waals surface area (Å²) in [4.78, 5) is 44.4. The van der Waals surface area contributed by atoms with Crippen molar-refractivity contribution in [2.45, 2.75) is 33.6 Å². The van der Waals surface area contributed by atoms with Gasteiger partial charge in [-0.05, 0) is 54.2 Å². The van der Waals surface area contributed by atoms with Crippen LogP contribution in [0, 0.1) is 29.6 Å². The third-order valence-electron chi connectivity index (χ3n) is 8.85. The summed E-state index contributed by atoms with van der Waals surface area (Å²) >= 11 is 0. The standard InChI is InChI=1S/C32H29NO3/c1-4-31-24(21-12-8-6-9-13-21)25(22-14-10-7-11-15-22)32(5-2,30(31)36)27-26(31)28(34)33(29(27)35)23-18-16-20(3)17-19-23/h6-19,26-27H,4-5H2,1-3H3/t26-,27+,31-,32-/m0/s1. The Hall–Kier alpha value is -3.79. The number of ketones is 1. The summed E-state index contributed by atoms with van der Waals surface area (Å²) in [6, 6.07) is 27.4. The van der Waals surface area contributed by atoms with Gasteiger partial charge in [-0.3, -0.25) is 14.4 Å². The maximum Gasteiger partial charge on any atom is 0.239 e. The van der Waals surface area contributed by atoms with Crippen molar-refractivity contribution in [2.24, 2.45) is 22.7 Å². The van der Waals surface area contributed by atoms with Crippen LogP contribution in [0.3, 0.4) is 0 Å². The molecule has 2 aliphatic carbocycles. The first-order valence-corrected chi connectivity index (χ1v) is 12.8. The number of Topliss-reactive ketones (excluding diaryl/α,β-unsaturated/α-hetero) is 1. The molecule has 2 bridgehead atoms. The minimum Gasteiger partial charge on any atom is -0.298 e. The van der Waals surface area contributed by atoms with Gasteiger partial charge < -0.3 is 0 Å². The first-order chi connectivity index (χ1) is 17.4. The fourth-order valence-corrected chi connectivity index (χ4v) is 7.40. The van der Waals surface area contributed by atoms with Crippen LogP contribution in [0.4, 0.5) is 5.69 Å². The molecule has 3 aliphatic rings. The van der Waals surface area contributed by atoms with Gasteiger partial charge in [0, 0.05) is 0 Å². The summed E-state index contributed by atoms with van der Waals surface area (Å²) in [5, 5.41) is 0. The maximum atomic E-state index is 14.7. The molecule has 1 saturated heterocycles. The average molecular weight is 476 g/mol. The van der Waals surface area contributed by atoms with E-state index in [0.29, 0.717) is 18.5 Å². The lowest BCUT2D eigenvalue weighted by Crippen LogP contribution is -2.41. The molecule has 1 saturated carbocycles. The molecule has 0 N–H and O–H groups in total. The number of fused-ring (bicyclic) bond motifs is 5. The van der Waals surface area contributed by atoms with Crippen molar-refractivity contribution in [3.8, 4) is 0 Å². The van der Waals surface area contributed by atoms with Crippen molar-refractivity contribution in [3.63, 3.8) is 0 Å². The van der Waals surface area contributed by atoms with E-state index >= 15 is 0 Å². The predicted molar refractivity (Wildman–Crippen MR) is 141 cm³/mol. The topological polar surface area (TPSA) is 54.5 Å². The van der Waals surface area contributed by atoms with Crippen LogP contribution in [-0.4, -0.2) is 17.6 Å². The summed E-state index contributed by atoms with van der Waals surface area (Å²) in [7, 11) is 0. The van der Waals surface area contributed by atoms with E-state index in [1.807, 2.05) is 106 Å². The summed E-state index contributed by atoms with van der Waals surface area (Å²) in [6.07, 6.45) is 0.937. The van der Waals surface area contributed by atoms with E-state index < -0.39 is 22.7 Å². The minimum absolute atomic E-state index is 0.0398. The highest BCUT2D eigenvalue weighted by Gasteiger charge is 2.80. The van der Waals surface area contributed by atoms with Crippen molar-refractivity contribution < 1.29 is 14.4 Å². The Labute approximate surface area is 211 Å². The van der Waals surface area contributed by atoms with Crippen LogP contribution < -0.4 is 4.90 Å². The SMILES string of the molecule is CC[C@]12C(=O)[C@@](CC)(C(c3ccccc3)=C1c1ccccc1)[C@H]1C(=O)N(c3ccc(C)cc3)C(=O)[C@H]12. The van der Waals surface area contributed by atoms with Gasteiger partial charge >= 0.3 is 0 Å². The van der Waals surface area contributed by atoms with Crippen LogP contribution in [0.5, 0.6) is 0 Å². The van der Waals surface area contributed by atoms with Gasteiger partial charge in [0.25, 0.3) is 0 Å². The zero-order valence-corrected chi connectivity index (χ0v) is 20.8. The van der Waals surface area contributed by atoms with Crippen LogP contribution in [0.25, 0.3) is 11.1 Å². The number of imide groups is 1. The van der Waals surface area contributed by atoms with E-state index in [0.717, 1.165) is 27.8 Å². The molecular formula is C32H29NO3. The maximum absolute atomic E-state index is 14.7. The molecule has 2 amide bonds. The number of nitrogens with zero attached hydrogens (tertiary/aromatic N) is 1. The molecule has 3 aromatic rings. The van der Waals surface area contributed by atoms with E-state index in [-0.39, 0.29) is 17.6 Å². The molecule has 0 radical (unpaired) electrons. The molecule has 4 atom stereocenters. The van der Waals surface area contributed by atoms with Crippen LogP contribution in [0.2, 0.25) is 0 Å². The quantitative estimate of drug-likeness (QED) is 0.419. The number of carbonyl (C=O) groups excluding carboxylic acids is 3. The zero-order valence-electron chi connectivity index (χ0n) is 20.8. The largest absolute Gasteiger partial charge is 0.298 e. The third kappa shape index (κ3) is 2.57. The second kappa shape index (κ2) is 7.86. The van der Waals surface area contributed by atoms with E-state index in [1.165, 1.54) is 4.90 Å². The van der Waals surface area contributed by atoms with Gasteiger partial charge in [-0.25, -0.2) is 4.90 Å². The smallest absolute Gasteiger partial charge is 0.239 e. The molecule has 4 nitrogen and oxygen atoms in total. The van der Waals surface area contributed by atoms with Gasteiger partial charge in [-0.1, -0.05) is 92.2 Å². The summed E-state index contributed by atoms with van der Waals surface area (Å²) in [5.74, 6) is -1.87. The Bertz CT molecular complexity index is 1340. The Morgan fingerprint density at radius 3 is 1.44 bits per heavy atom. The van der Waals surface area contributed by atoms with Gasteiger partial charge in [0.1, 0.15) is 0 Å². The third-order valence-corrected chi connectivity index (χ3v) is 8.85. The second-order valence-electron chi connectivity index (χ2n) is 10.3.